The van der Waals surface area contributed by atoms with E-state index in [9.17, 15) is 28.2 Å². The van der Waals surface area contributed by atoms with Gasteiger partial charge in [0.2, 0.25) is 5.60 Å². The summed E-state index contributed by atoms with van der Waals surface area (Å²) >= 11 is 1.29. The first kappa shape index (κ1) is 33.8. The molecule has 0 fully saturated rings. The molecule has 0 aliphatic rings. The predicted molar refractivity (Wildman–Crippen MR) is 174 cm³/mol. The molecule has 0 saturated carbocycles. The van der Waals surface area contributed by atoms with Gasteiger partial charge in [-0.15, -0.1) is 11.8 Å². The lowest BCUT2D eigenvalue weighted by Gasteiger charge is -2.30. The highest BCUT2D eigenvalue weighted by molar-refractivity contribution is 7.98. The van der Waals surface area contributed by atoms with E-state index in [4.69, 9.17) is 4.98 Å². The number of hydrogen-bond donors (Lipinski definition) is 4. The number of aliphatic hydroxyl groups is 1. The minimum Gasteiger partial charge on any atom is -0.479 e. The van der Waals surface area contributed by atoms with Crippen molar-refractivity contribution in [2.24, 2.45) is 5.92 Å². The van der Waals surface area contributed by atoms with Crippen LogP contribution >= 0.6 is 11.8 Å². The molecule has 4 rings (SSSR count). The zero-order valence-electron chi connectivity index (χ0n) is 25.6. The van der Waals surface area contributed by atoms with E-state index in [1.165, 1.54) is 17.8 Å². The summed E-state index contributed by atoms with van der Waals surface area (Å²) in [6.07, 6.45) is 3.17. The third-order valence-electron chi connectivity index (χ3n) is 7.51. The normalized spacial score (nSPS) is 12.9. The Balaban J connectivity index is 1.63. The third-order valence-corrected chi connectivity index (χ3v) is 9.57. The van der Waals surface area contributed by atoms with Gasteiger partial charge in [-0.25, -0.2) is 27.7 Å². The molecule has 12 heteroatoms. The molecule has 3 aromatic carbocycles. The first-order valence-electron chi connectivity index (χ1n) is 14.5. The standard InChI is InChI=1S/C33H38N4O6S2/c1-5-11-28-35-30(44-4)29(33(41,22(2)3)31(38)39)37(28)21-24-16-18-25(19-17-24)26-14-9-10-15-27(26)45(42,43)36-32(40)34-20-23-12-7-6-8-13-23/h6-10,12-19,22,41H,5,11,20-21H2,1-4H3,(H,38,39)(H2,34,36,40). The summed E-state index contributed by atoms with van der Waals surface area (Å²) in [6.45, 7) is 5.76. The zero-order valence-corrected chi connectivity index (χ0v) is 27.3. The Kier molecular flexibility index (Phi) is 10.7. The molecule has 45 heavy (non-hydrogen) atoms. The number of imidazole rings is 1. The number of carboxylic acids is 1. The smallest absolute Gasteiger partial charge is 0.342 e. The van der Waals surface area contributed by atoms with Gasteiger partial charge in [-0.2, -0.15) is 0 Å². The van der Waals surface area contributed by atoms with Crippen LogP contribution in [0.5, 0.6) is 0 Å². The van der Waals surface area contributed by atoms with Gasteiger partial charge >= 0.3 is 12.0 Å². The van der Waals surface area contributed by atoms with Gasteiger partial charge in [0.15, 0.2) is 0 Å². The van der Waals surface area contributed by atoms with Crippen molar-refractivity contribution in [3.8, 4) is 11.1 Å². The Morgan fingerprint density at radius 1 is 0.978 bits per heavy atom. The summed E-state index contributed by atoms with van der Waals surface area (Å²) in [6, 6.07) is 21.9. The Hall–Kier alpha value is -4.13. The second kappa shape index (κ2) is 14.3. The molecule has 1 aromatic heterocycles. The number of nitrogens with one attached hydrogen (secondary N) is 2. The van der Waals surface area contributed by atoms with Crippen LogP contribution in [0.3, 0.4) is 0 Å². The number of nitrogens with zero attached hydrogens (tertiary/aromatic N) is 2. The van der Waals surface area contributed by atoms with Gasteiger partial charge in [0, 0.05) is 25.1 Å². The third kappa shape index (κ3) is 7.41. The first-order chi connectivity index (χ1) is 21.4. The molecule has 1 unspecified atom stereocenters. The van der Waals surface area contributed by atoms with Gasteiger partial charge in [0.25, 0.3) is 10.0 Å². The van der Waals surface area contributed by atoms with Crippen molar-refractivity contribution < 1.29 is 28.2 Å². The summed E-state index contributed by atoms with van der Waals surface area (Å²) in [7, 11) is -4.21. The lowest BCUT2D eigenvalue weighted by atomic mass is 9.87. The molecular formula is C33H38N4O6S2. The fourth-order valence-corrected chi connectivity index (χ4v) is 6.91. The lowest BCUT2D eigenvalue weighted by Crippen LogP contribution is -2.43. The van der Waals surface area contributed by atoms with E-state index in [1.54, 1.807) is 55.0 Å². The number of sulfonamides is 1. The molecule has 4 aromatic rings. The van der Waals surface area contributed by atoms with Crippen LogP contribution in [-0.4, -0.2) is 46.4 Å². The maximum absolute atomic E-state index is 13.3. The number of carbonyl (C=O) groups is 2. The van der Waals surface area contributed by atoms with Gasteiger partial charge in [0.1, 0.15) is 10.9 Å². The number of carboxylic acid groups (broad SMARTS) is 1. The van der Waals surface area contributed by atoms with E-state index in [0.717, 1.165) is 17.5 Å². The van der Waals surface area contributed by atoms with Crippen LogP contribution in [-0.2, 0) is 39.9 Å². The molecule has 1 atom stereocenters. The van der Waals surface area contributed by atoms with E-state index in [2.05, 4.69) is 10.0 Å². The highest BCUT2D eigenvalue weighted by atomic mass is 32.2. The minimum atomic E-state index is -4.21. The summed E-state index contributed by atoms with van der Waals surface area (Å²) in [5.74, 6) is -1.29. The van der Waals surface area contributed by atoms with Crippen molar-refractivity contribution in [2.75, 3.05) is 6.26 Å². The van der Waals surface area contributed by atoms with E-state index < -0.39 is 33.5 Å². The number of amides is 2. The number of thioether (sulfide) groups is 1. The molecule has 0 aliphatic carbocycles. The Morgan fingerprint density at radius 2 is 1.62 bits per heavy atom. The Morgan fingerprint density at radius 3 is 2.22 bits per heavy atom. The molecule has 0 saturated heterocycles. The van der Waals surface area contributed by atoms with Crippen LogP contribution in [0.25, 0.3) is 11.1 Å². The van der Waals surface area contributed by atoms with Crippen LogP contribution in [0.2, 0.25) is 0 Å². The van der Waals surface area contributed by atoms with Gasteiger partial charge < -0.3 is 20.1 Å². The van der Waals surface area contributed by atoms with Gasteiger partial charge in [-0.3, -0.25) is 0 Å². The highest BCUT2D eigenvalue weighted by Gasteiger charge is 2.47. The molecule has 0 spiro atoms. The van der Waals surface area contributed by atoms with E-state index in [-0.39, 0.29) is 23.7 Å². The maximum Gasteiger partial charge on any atom is 0.342 e. The quantitative estimate of drug-likeness (QED) is 0.141. The predicted octanol–water partition coefficient (Wildman–Crippen LogP) is 5.39. The second-order valence-electron chi connectivity index (χ2n) is 10.9. The Labute approximate surface area is 268 Å². The number of aliphatic carboxylic acids is 1. The molecule has 4 N–H and O–H groups in total. The average Bonchev–Trinajstić information content (AvgIpc) is 3.37. The Bertz CT molecular complexity index is 1760. The average molecular weight is 651 g/mol. The zero-order chi connectivity index (χ0) is 32.8. The largest absolute Gasteiger partial charge is 0.479 e. The molecule has 0 bridgehead atoms. The van der Waals surface area contributed by atoms with E-state index in [1.807, 2.05) is 49.4 Å². The molecule has 10 nitrogen and oxygen atoms in total. The number of hydrogen-bond acceptors (Lipinski definition) is 7. The molecule has 238 valence electrons. The number of urea groups is 1. The van der Waals surface area contributed by atoms with E-state index in [0.29, 0.717) is 28.4 Å². The monoisotopic (exact) mass is 650 g/mol. The summed E-state index contributed by atoms with van der Waals surface area (Å²) in [4.78, 5) is 29.5. The van der Waals surface area contributed by atoms with Gasteiger partial charge in [-0.05, 0) is 41.4 Å². The second-order valence-corrected chi connectivity index (χ2v) is 13.4. The molecular weight excluding hydrogens is 613 g/mol. The van der Waals surface area contributed by atoms with Crippen molar-refractivity contribution in [2.45, 2.75) is 62.2 Å². The van der Waals surface area contributed by atoms with Crippen LogP contribution in [0.1, 0.15) is 49.8 Å². The highest BCUT2D eigenvalue weighted by Crippen LogP contribution is 2.38. The summed E-state index contributed by atoms with van der Waals surface area (Å²) < 4.78 is 30.4. The molecule has 0 aliphatic heterocycles. The molecule has 0 radical (unpaired) electrons. The number of benzene rings is 3. The number of rotatable bonds is 13. The molecule has 1 heterocycles. The van der Waals surface area contributed by atoms with Crippen LogP contribution < -0.4 is 10.0 Å². The summed E-state index contributed by atoms with van der Waals surface area (Å²) in [5, 5.41) is 24.6. The molecule has 2 amide bonds. The van der Waals surface area contributed by atoms with E-state index >= 15 is 0 Å². The van der Waals surface area contributed by atoms with Crippen LogP contribution in [0, 0.1) is 5.92 Å². The number of aromatic nitrogens is 2. The first-order valence-corrected chi connectivity index (χ1v) is 17.3. The van der Waals surface area contributed by atoms with Crippen molar-refractivity contribution >= 4 is 33.8 Å². The van der Waals surface area contributed by atoms with Gasteiger partial charge in [-0.1, -0.05) is 93.6 Å². The van der Waals surface area contributed by atoms with Crippen molar-refractivity contribution in [3.63, 3.8) is 0 Å². The van der Waals surface area contributed by atoms with Crippen molar-refractivity contribution in [1.82, 2.24) is 19.6 Å². The summed E-state index contributed by atoms with van der Waals surface area (Å²) in [5.41, 5.74) is 0.753. The topological polar surface area (TPSA) is 151 Å². The fraction of sp³-hybridized carbons (Fsp3) is 0.303. The van der Waals surface area contributed by atoms with Crippen LogP contribution in [0.4, 0.5) is 4.79 Å². The number of carbonyl (C=O) groups excluding carboxylic acids is 1. The van der Waals surface area contributed by atoms with Crippen molar-refractivity contribution in [3.05, 3.63) is 102 Å². The lowest BCUT2D eigenvalue weighted by molar-refractivity contribution is -0.166. The van der Waals surface area contributed by atoms with Crippen LogP contribution in [0.15, 0.2) is 88.8 Å². The maximum atomic E-state index is 13.3. The van der Waals surface area contributed by atoms with Crippen molar-refractivity contribution in [1.29, 1.82) is 0 Å². The fourth-order valence-electron chi connectivity index (χ4n) is 5.10. The number of aryl methyl sites for hydroxylation is 1. The van der Waals surface area contributed by atoms with Gasteiger partial charge in [0.05, 0.1) is 10.6 Å². The minimum absolute atomic E-state index is 0.0530. The SMILES string of the molecule is CCCc1nc(SC)c(C(O)(C(=O)O)C(C)C)n1Cc1ccc(-c2ccccc2S(=O)(=O)NC(=O)NCc2ccccc2)cc1.